The van der Waals surface area contributed by atoms with E-state index in [1.807, 2.05) is 43.5 Å². The number of aromatic nitrogens is 2. The van der Waals surface area contributed by atoms with E-state index in [4.69, 9.17) is 9.72 Å². The standard InChI is InChI=1S/C23H31N3O2/c1-17-16-24-22(20-10-14-28-15-11-20)26(17)21-8-12-25(13-9-21)23(27)18(2)19-6-4-3-5-7-19/h3-7,16,18,20-21H,8-15H2,1-2H3. The Morgan fingerprint density at radius 3 is 2.46 bits per heavy atom. The second kappa shape index (κ2) is 8.48. The van der Waals surface area contributed by atoms with E-state index < -0.39 is 0 Å². The summed E-state index contributed by atoms with van der Waals surface area (Å²) >= 11 is 0. The predicted octanol–water partition coefficient (Wildman–Crippen LogP) is 4.05. The third-order valence-corrected chi connectivity index (χ3v) is 6.41. The van der Waals surface area contributed by atoms with Crippen LogP contribution in [0.4, 0.5) is 0 Å². The van der Waals surface area contributed by atoms with Gasteiger partial charge in [0.2, 0.25) is 5.91 Å². The van der Waals surface area contributed by atoms with E-state index in [0.717, 1.165) is 57.6 Å². The first kappa shape index (κ1) is 19.2. The Bertz CT molecular complexity index is 787. The molecule has 1 aromatic carbocycles. The SMILES string of the molecule is Cc1cnc(C2CCOCC2)n1C1CCN(C(=O)C(C)c2ccccc2)CC1. The van der Waals surface area contributed by atoms with Crippen LogP contribution in [-0.2, 0) is 9.53 Å². The normalized spacial score (nSPS) is 20.3. The summed E-state index contributed by atoms with van der Waals surface area (Å²) in [5.74, 6) is 1.89. The number of aryl methyl sites for hydroxylation is 1. The number of carbonyl (C=O) groups is 1. The summed E-state index contributed by atoms with van der Waals surface area (Å²) in [6, 6.07) is 10.5. The Kier molecular flexibility index (Phi) is 5.81. The molecule has 0 radical (unpaired) electrons. The van der Waals surface area contributed by atoms with Gasteiger partial charge in [-0.1, -0.05) is 30.3 Å². The lowest BCUT2D eigenvalue weighted by Crippen LogP contribution is -2.41. The van der Waals surface area contributed by atoms with Gasteiger partial charge in [-0.05, 0) is 45.1 Å². The van der Waals surface area contributed by atoms with Crippen molar-refractivity contribution < 1.29 is 9.53 Å². The fraction of sp³-hybridized carbons (Fsp3) is 0.565. The van der Waals surface area contributed by atoms with Crippen LogP contribution in [-0.4, -0.2) is 46.7 Å². The van der Waals surface area contributed by atoms with Crippen LogP contribution < -0.4 is 0 Å². The first-order valence-corrected chi connectivity index (χ1v) is 10.6. The van der Waals surface area contributed by atoms with Crippen LogP contribution in [0, 0.1) is 6.92 Å². The van der Waals surface area contributed by atoms with Crippen LogP contribution in [0.5, 0.6) is 0 Å². The van der Waals surface area contributed by atoms with Crippen molar-refractivity contribution in [1.82, 2.24) is 14.5 Å². The topological polar surface area (TPSA) is 47.4 Å². The highest BCUT2D eigenvalue weighted by Crippen LogP contribution is 2.33. The lowest BCUT2D eigenvalue weighted by atomic mass is 9.96. The molecule has 3 heterocycles. The van der Waals surface area contributed by atoms with Gasteiger partial charge in [0.1, 0.15) is 5.82 Å². The van der Waals surface area contributed by atoms with E-state index in [2.05, 4.69) is 16.4 Å². The molecule has 2 saturated heterocycles. The van der Waals surface area contributed by atoms with Crippen LogP contribution >= 0.6 is 0 Å². The van der Waals surface area contributed by atoms with Crippen LogP contribution in [0.25, 0.3) is 0 Å². The number of rotatable bonds is 4. The largest absolute Gasteiger partial charge is 0.381 e. The summed E-state index contributed by atoms with van der Waals surface area (Å²) in [6.45, 7) is 7.50. The van der Waals surface area contributed by atoms with Gasteiger partial charge >= 0.3 is 0 Å². The van der Waals surface area contributed by atoms with Gasteiger partial charge in [0.05, 0.1) is 5.92 Å². The average molecular weight is 382 g/mol. The first-order chi connectivity index (χ1) is 13.6. The first-order valence-electron chi connectivity index (χ1n) is 10.6. The lowest BCUT2D eigenvalue weighted by Gasteiger charge is -2.36. The van der Waals surface area contributed by atoms with Crippen LogP contribution in [0.2, 0.25) is 0 Å². The molecule has 4 rings (SSSR count). The Balaban J connectivity index is 1.42. The molecule has 5 nitrogen and oxygen atoms in total. The second-order valence-corrected chi connectivity index (χ2v) is 8.20. The van der Waals surface area contributed by atoms with Crippen LogP contribution in [0.3, 0.4) is 0 Å². The molecule has 1 unspecified atom stereocenters. The highest BCUT2D eigenvalue weighted by atomic mass is 16.5. The molecule has 1 atom stereocenters. The minimum atomic E-state index is -0.0782. The van der Waals surface area contributed by atoms with Crippen molar-refractivity contribution in [2.24, 2.45) is 0 Å². The molecule has 2 aliphatic rings. The highest BCUT2D eigenvalue weighted by Gasteiger charge is 2.30. The number of carbonyl (C=O) groups excluding carboxylic acids is 1. The van der Waals surface area contributed by atoms with Gasteiger partial charge in [0, 0.05) is 50.2 Å². The molecule has 0 N–H and O–H groups in total. The van der Waals surface area contributed by atoms with E-state index in [9.17, 15) is 4.79 Å². The van der Waals surface area contributed by atoms with E-state index >= 15 is 0 Å². The molecule has 2 aliphatic heterocycles. The average Bonchev–Trinajstić information content (AvgIpc) is 3.15. The number of imidazole rings is 1. The zero-order valence-electron chi connectivity index (χ0n) is 17.0. The van der Waals surface area contributed by atoms with Crippen molar-refractivity contribution in [2.75, 3.05) is 26.3 Å². The third-order valence-electron chi connectivity index (χ3n) is 6.41. The van der Waals surface area contributed by atoms with Crippen molar-refractivity contribution >= 4 is 5.91 Å². The molecule has 0 saturated carbocycles. The van der Waals surface area contributed by atoms with E-state index in [1.54, 1.807) is 0 Å². The molecule has 28 heavy (non-hydrogen) atoms. The Hall–Kier alpha value is -2.14. The van der Waals surface area contributed by atoms with Gasteiger partial charge in [-0.15, -0.1) is 0 Å². The quantitative estimate of drug-likeness (QED) is 0.803. The summed E-state index contributed by atoms with van der Waals surface area (Å²) in [4.78, 5) is 19.8. The van der Waals surface area contributed by atoms with Gasteiger partial charge < -0.3 is 14.2 Å². The minimum Gasteiger partial charge on any atom is -0.381 e. The van der Waals surface area contributed by atoms with Crippen molar-refractivity contribution in [3.8, 4) is 0 Å². The number of hydrogen-bond acceptors (Lipinski definition) is 3. The summed E-state index contributed by atoms with van der Waals surface area (Å²) in [5, 5.41) is 0. The van der Waals surface area contributed by atoms with Gasteiger partial charge in [0.15, 0.2) is 0 Å². The molecule has 1 amide bonds. The summed E-state index contributed by atoms with van der Waals surface area (Å²) in [5.41, 5.74) is 2.34. The van der Waals surface area contributed by atoms with Gasteiger partial charge in [-0.2, -0.15) is 0 Å². The van der Waals surface area contributed by atoms with Crippen LogP contribution in [0.1, 0.15) is 67.6 Å². The smallest absolute Gasteiger partial charge is 0.229 e. The molecule has 150 valence electrons. The van der Waals surface area contributed by atoms with Gasteiger partial charge in [-0.25, -0.2) is 4.98 Å². The zero-order chi connectivity index (χ0) is 19.5. The molecule has 0 bridgehead atoms. The minimum absolute atomic E-state index is 0.0782. The maximum atomic E-state index is 13.0. The maximum absolute atomic E-state index is 13.0. The van der Waals surface area contributed by atoms with Crippen molar-refractivity contribution in [1.29, 1.82) is 0 Å². The number of amides is 1. The number of hydrogen-bond donors (Lipinski definition) is 0. The molecule has 0 aliphatic carbocycles. The Morgan fingerprint density at radius 2 is 1.79 bits per heavy atom. The Morgan fingerprint density at radius 1 is 1.11 bits per heavy atom. The second-order valence-electron chi connectivity index (χ2n) is 8.20. The fourth-order valence-corrected chi connectivity index (χ4v) is 4.70. The van der Waals surface area contributed by atoms with Crippen molar-refractivity contribution in [2.45, 2.75) is 57.4 Å². The monoisotopic (exact) mass is 381 g/mol. The van der Waals surface area contributed by atoms with Gasteiger partial charge in [0.25, 0.3) is 0 Å². The molecular formula is C23H31N3O2. The van der Waals surface area contributed by atoms with E-state index in [-0.39, 0.29) is 11.8 Å². The maximum Gasteiger partial charge on any atom is 0.229 e. The van der Waals surface area contributed by atoms with Crippen molar-refractivity contribution in [3.05, 3.63) is 53.6 Å². The number of piperidine rings is 1. The summed E-state index contributed by atoms with van der Waals surface area (Å²) in [6.07, 6.45) is 6.13. The lowest BCUT2D eigenvalue weighted by molar-refractivity contribution is -0.133. The highest BCUT2D eigenvalue weighted by molar-refractivity contribution is 5.83. The molecule has 0 spiro atoms. The number of likely N-dealkylation sites (tertiary alicyclic amines) is 1. The molecule has 5 heteroatoms. The predicted molar refractivity (Wildman–Crippen MR) is 109 cm³/mol. The number of ether oxygens (including phenoxy) is 1. The summed E-state index contributed by atoms with van der Waals surface area (Å²) < 4.78 is 7.99. The van der Waals surface area contributed by atoms with E-state index in [0.29, 0.717) is 12.0 Å². The Labute approximate surface area is 167 Å². The third kappa shape index (κ3) is 3.86. The van der Waals surface area contributed by atoms with E-state index in [1.165, 1.54) is 11.5 Å². The summed E-state index contributed by atoms with van der Waals surface area (Å²) in [7, 11) is 0. The molecule has 2 fully saturated rings. The van der Waals surface area contributed by atoms with Crippen LogP contribution in [0.15, 0.2) is 36.5 Å². The van der Waals surface area contributed by atoms with Crippen molar-refractivity contribution in [3.63, 3.8) is 0 Å². The molecule has 2 aromatic rings. The molecule has 1 aromatic heterocycles. The number of benzene rings is 1. The fourth-order valence-electron chi connectivity index (χ4n) is 4.70. The molecular weight excluding hydrogens is 350 g/mol. The van der Waals surface area contributed by atoms with Gasteiger partial charge in [-0.3, -0.25) is 4.79 Å². The zero-order valence-corrected chi connectivity index (χ0v) is 17.0. The number of nitrogens with zero attached hydrogens (tertiary/aromatic N) is 3.